The first-order valence-electron chi connectivity index (χ1n) is 7.17. The molecule has 0 saturated heterocycles. The van der Waals surface area contributed by atoms with Gasteiger partial charge in [-0.05, 0) is 12.8 Å². The molecule has 1 aliphatic rings. The van der Waals surface area contributed by atoms with Gasteiger partial charge in [0, 0.05) is 0 Å². The second-order valence-corrected chi connectivity index (χ2v) is 5.25. The van der Waals surface area contributed by atoms with Gasteiger partial charge in [0.15, 0.2) is 0 Å². The third-order valence-electron chi connectivity index (χ3n) is 3.69. The SMILES string of the molecule is O[C@@H]1CCCCCCCCCCCC[C@@H]1O. The molecule has 0 radical (unpaired) electrons. The maximum Gasteiger partial charge on any atom is 0.0799 e. The molecule has 1 fully saturated rings. The zero-order valence-electron chi connectivity index (χ0n) is 10.5. The Bertz CT molecular complexity index is 141. The minimum absolute atomic E-state index is 0.483. The number of rotatable bonds is 0. The molecule has 2 nitrogen and oxygen atoms in total. The van der Waals surface area contributed by atoms with Crippen molar-refractivity contribution < 1.29 is 10.2 Å². The van der Waals surface area contributed by atoms with Gasteiger partial charge in [-0.25, -0.2) is 0 Å². The maximum absolute atomic E-state index is 9.74. The molecule has 1 aliphatic carbocycles. The second kappa shape index (κ2) is 9.00. The molecule has 1 rings (SSSR count). The van der Waals surface area contributed by atoms with Crippen molar-refractivity contribution in [1.29, 1.82) is 0 Å². The minimum atomic E-state index is -0.483. The summed E-state index contributed by atoms with van der Waals surface area (Å²) in [6.45, 7) is 0. The fraction of sp³-hybridized carbons (Fsp3) is 1.00. The van der Waals surface area contributed by atoms with Gasteiger partial charge in [-0.1, -0.05) is 64.2 Å². The van der Waals surface area contributed by atoms with Crippen molar-refractivity contribution in [3.8, 4) is 0 Å². The summed E-state index contributed by atoms with van der Waals surface area (Å²) < 4.78 is 0. The monoisotopic (exact) mass is 228 g/mol. The van der Waals surface area contributed by atoms with Gasteiger partial charge in [-0.3, -0.25) is 0 Å². The standard InChI is InChI=1S/C14H28O2/c15-13-11-9-7-5-3-1-2-4-6-8-10-12-14(13)16/h13-16H,1-12H2/t13-,14+. The van der Waals surface area contributed by atoms with Crippen LogP contribution in [-0.4, -0.2) is 22.4 Å². The highest BCUT2D eigenvalue weighted by atomic mass is 16.3. The van der Waals surface area contributed by atoms with Gasteiger partial charge in [0.1, 0.15) is 0 Å². The van der Waals surface area contributed by atoms with Crippen molar-refractivity contribution in [1.82, 2.24) is 0 Å². The first-order chi connectivity index (χ1) is 7.80. The van der Waals surface area contributed by atoms with E-state index >= 15 is 0 Å². The predicted octanol–water partition coefficient (Wildman–Crippen LogP) is 3.40. The molecule has 0 aromatic rings. The zero-order valence-corrected chi connectivity index (χ0v) is 10.5. The summed E-state index contributed by atoms with van der Waals surface area (Å²) in [5.41, 5.74) is 0. The summed E-state index contributed by atoms with van der Waals surface area (Å²) in [5.74, 6) is 0. The van der Waals surface area contributed by atoms with E-state index in [1.165, 1.54) is 51.4 Å². The predicted molar refractivity (Wildman–Crippen MR) is 67.4 cm³/mol. The van der Waals surface area contributed by atoms with Crippen molar-refractivity contribution in [2.75, 3.05) is 0 Å². The lowest BCUT2D eigenvalue weighted by Gasteiger charge is -2.18. The van der Waals surface area contributed by atoms with E-state index in [9.17, 15) is 10.2 Å². The fourth-order valence-corrected chi connectivity index (χ4v) is 2.51. The molecular weight excluding hydrogens is 200 g/mol. The van der Waals surface area contributed by atoms with Crippen LogP contribution in [-0.2, 0) is 0 Å². The number of aliphatic hydroxyl groups excluding tert-OH is 2. The molecular formula is C14H28O2. The molecule has 16 heavy (non-hydrogen) atoms. The summed E-state index contributed by atoms with van der Waals surface area (Å²) in [6, 6.07) is 0. The average Bonchev–Trinajstić information content (AvgIpc) is 2.29. The second-order valence-electron chi connectivity index (χ2n) is 5.25. The molecule has 0 spiro atoms. The van der Waals surface area contributed by atoms with Crippen LogP contribution in [0.2, 0.25) is 0 Å². The van der Waals surface area contributed by atoms with Gasteiger partial charge in [-0.15, -0.1) is 0 Å². The number of aliphatic hydroxyl groups is 2. The number of hydrogen-bond acceptors (Lipinski definition) is 2. The maximum atomic E-state index is 9.74. The Morgan fingerprint density at radius 2 is 0.688 bits per heavy atom. The highest BCUT2D eigenvalue weighted by Crippen LogP contribution is 2.17. The van der Waals surface area contributed by atoms with Crippen LogP contribution in [0.3, 0.4) is 0 Å². The smallest absolute Gasteiger partial charge is 0.0799 e. The van der Waals surface area contributed by atoms with Crippen LogP contribution in [0.25, 0.3) is 0 Å². The Morgan fingerprint density at radius 1 is 0.438 bits per heavy atom. The molecule has 0 unspecified atom stereocenters. The third-order valence-corrected chi connectivity index (χ3v) is 3.69. The third kappa shape index (κ3) is 6.49. The zero-order chi connectivity index (χ0) is 11.6. The Kier molecular flexibility index (Phi) is 7.87. The lowest BCUT2D eigenvalue weighted by atomic mass is 9.98. The van der Waals surface area contributed by atoms with E-state index in [0.717, 1.165) is 25.7 Å². The summed E-state index contributed by atoms with van der Waals surface area (Å²) in [4.78, 5) is 0. The van der Waals surface area contributed by atoms with E-state index in [4.69, 9.17) is 0 Å². The van der Waals surface area contributed by atoms with Gasteiger partial charge >= 0.3 is 0 Å². The lowest BCUT2D eigenvalue weighted by Crippen LogP contribution is -2.25. The molecule has 2 heteroatoms. The van der Waals surface area contributed by atoms with Crippen LogP contribution in [0.1, 0.15) is 77.0 Å². The van der Waals surface area contributed by atoms with E-state index < -0.39 is 12.2 Å². The largest absolute Gasteiger partial charge is 0.390 e. The first kappa shape index (κ1) is 14.0. The number of hydrogen-bond donors (Lipinski definition) is 2. The Morgan fingerprint density at radius 3 is 1.00 bits per heavy atom. The highest BCUT2D eigenvalue weighted by Gasteiger charge is 2.15. The average molecular weight is 228 g/mol. The van der Waals surface area contributed by atoms with Crippen molar-refractivity contribution >= 4 is 0 Å². The molecule has 0 aromatic carbocycles. The van der Waals surface area contributed by atoms with Crippen LogP contribution in [0.15, 0.2) is 0 Å². The van der Waals surface area contributed by atoms with Gasteiger partial charge in [0.2, 0.25) is 0 Å². The summed E-state index contributed by atoms with van der Waals surface area (Å²) in [5, 5.41) is 19.5. The van der Waals surface area contributed by atoms with Gasteiger partial charge < -0.3 is 10.2 Å². The van der Waals surface area contributed by atoms with E-state index in [1.54, 1.807) is 0 Å². The molecule has 96 valence electrons. The van der Waals surface area contributed by atoms with E-state index in [0.29, 0.717) is 0 Å². The summed E-state index contributed by atoms with van der Waals surface area (Å²) >= 11 is 0. The highest BCUT2D eigenvalue weighted by molar-refractivity contribution is 4.67. The van der Waals surface area contributed by atoms with E-state index in [1.807, 2.05) is 0 Å². The van der Waals surface area contributed by atoms with Crippen LogP contribution in [0.4, 0.5) is 0 Å². The van der Waals surface area contributed by atoms with Gasteiger partial charge in [0.25, 0.3) is 0 Å². The van der Waals surface area contributed by atoms with E-state index in [2.05, 4.69) is 0 Å². The Hall–Kier alpha value is -0.0800. The first-order valence-corrected chi connectivity index (χ1v) is 7.17. The van der Waals surface area contributed by atoms with E-state index in [-0.39, 0.29) is 0 Å². The molecule has 1 saturated carbocycles. The molecule has 2 N–H and O–H groups in total. The molecule has 0 aliphatic heterocycles. The van der Waals surface area contributed by atoms with Crippen LogP contribution >= 0.6 is 0 Å². The normalized spacial score (nSPS) is 31.9. The fourth-order valence-electron chi connectivity index (χ4n) is 2.51. The molecule has 0 bridgehead atoms. The topological polar surface area (TPSA) is 40.5 Å². The molecule has 2 atom stereocenters. The van der Waals surface area contributed by atoms with Crippen molar-refractivity contribution in [3.05, 3.63) is 0 Å². The van der Waals surface area contributed by atoms with Gasteiger partial charge in [-0.2, -0.15) is 0 Å². The minimum Gasteiger partial charge on any atom is -0.390 e. The molecule has 0 aromatic heterocycles. The van der Waals surface area contributed by atoms with Crippen molar-refractivity contribution in [2.24, 2.45) is 0 Å². The Labute approximate surface area is 100 Å². The van der Waals surface area contributed by atoms with Crippen molar-refractivity contribution in [2.45, 2.75) is 89.3 Å². The molecule has 0 amide bonds. The van der Waals surface area contributed by atoms with Crippen molar-refractivity contribution in [3.63, 3.8) is 0 Å². The Balaban J connectivity index is 2.21. The van der Waals surface area contributed by atoms with Crippen LogP contribution < -0.4 is 0 Å². The molecule has 0 heterocycles. The quantitative estimate of drug-likeness (QED) is 0.667. The summed E-state index contributed by atoms with van der Waals surface area (Å²) in [7, 11) is 0. The lowest BCUT2D eigenvalue weighted by molar-refractivity contribution is 0.00705. The van der Waals surface area contributed by atoms with Crippen LogP contribution in [0.5, 0.6) is 0 Å². The van der Waals surface area contributed by atoms with Gasteiger partial charge in [0.05, 0.1) is 12.2 Å². The van der Waals surface area contributed by atoms with Crippen LogP contribution in [0, 0.1) is 0 Å². The summed E-state index contributed by atoms with van der Waals surface area (Å²) in [6.07, 6.45) is 13.2.